The van der Waals surface area contributed by atoms with Gasteiger partial charge in [-0.05, 0) is 48.5 Å². The summed E-state index contributed by atoms with van der Waals surface area (Å²) in [7, 11) is 1.67. The fraction of sp³-hybridized carbons (Fsp3) is 0.200. The Hall–Kier alpha value is -3.62. The third-order valence-electron chi connectivity index (χ3n) is 5.89. The standard InChI is InChI=1S/C25H25FN6O.ClH/c1-33-24-12-18(32-10-8-28-9-11-32)6-7-19(24)21-15-29-25(27)13-20(21)23-14-22(30-31-23)16-2-4-17(26)5-3-16;/h2-7,12-15,28H,8-11H2,1H3,(H2,27,29)(H,30,31);1H. The molecule has 1 fully saturated rings. The number of hydrogen-bond donors (Lipinski definition) is 3. The summed E-state index contributed by atoms with van der Waals surface area (Å²) in [6, 6.07) is 16.2. The van der Waals surface area contributed by atoms with Crippen LogP contribution in [-0.4, -0.2) is 48.5 Å². The van der Waals surface area contributed by atoms with Crippen LogP contribution in [0.3, 0.4) is 0 Å². The molecule has 1 aliphatic rings. The van der Waals surface area contributed by atoms with Crippen molar-refractivity contribution in [1.29, 1.82) is 0 Å². The number of benzene rings is 2. The van der Waals surface area contributed by atoms with E-state index < -0.39 is 0 Å². The second kappa shape index (κ2) is 10.1. The number of nitrogen functional groups attached to an aromatic ring is 1. The number of nitrogens with zero attached hydrogens (tertiary/aromatic N) is 3. The number of nitrogens with one attached hydrogen (secondary N) is 2. The lowest BCUT2D eigenvalue weighted by Crippen LogP contribution is -2.43. The molecule has 2 aromatic carbocycles. The highest BCUT2D eigenvalue weighted by Gasteiger charge is 2.18. The Balaban J connectivity index is 0.00000274. The smallest absolute Gasteiger partial charge is 0.128 e. The number of rotatable bonds is 5. The Morgan fingerprint density at radius 1 is 0.971 bits per heavy atom. The molecule has 0 atom stereocenters. The predicted octanol–water partition coefficient (Wildman–Crippen LogP) is 4.37. The van der Waals surface area contributed by atoms with Gasteiger partial charge in [-0.25, -0.2) is 9.37 Å². The van der Waals surface area contributed by atoms with Crippen molar-refractivity contribution in [1.82, 2.24) is 20.5 Å². The number of methoxy groups -OCH3 is 1. The quantitative estimate of drug-likeness (QED) is 0.393. The number of hydrogen-bond acceptors (Lipinski definition) is 6. The fourth-order valence-electron chi connectivity index (χ4n) is 4.16. The van der Waals surface area contributed by atoms with Crippen LogP contribution in [0.15, 0.2) is 60.8 Å². The summed E-state index contributed by atoms with van der Waals surface area (Å²) in [5, 5.41) is 10.9. The minimum absolute atomic E-state index is 0. The van der Waals surface area contributed by atoms with Crippen LogP contribution in [0.1, 0.15) is 0 Å². The zero-order valence-electron chi connectivity index (χ0n) is 18.7. The zero-order chi connectivity index (χ0) is 22.8. The van der Waals surface area contributed by atoms with Gasteiger partial charge in [0.1, 0.15) is 17.4 Å². The van der Waals surface area contributed by atoms with Crippen molar-refractivity contribution >= 4 is 23.9 Å². The molecular weight excluding hydrogens is 455 g/mol. The molecule has 0 radical (unpaired) electrons. The Kier molecular flexibility index (Phi) is 7.00. The maximum atomic E-state index is 13.3. The van der Waals surface area contributed by atoms with Crippen LogP contribution in [0.5, 0.6) is 5.75 Å². The maximum Gasteiger partial charge on any atom is 0.128 e. The second-order valence-electron chi connectivity index (χ2n) is 7.95. The first-order valence-electron chi connectivity index (χ1n) is 10.8. The van der Waals surface area contributed by atoms with Crippen LogP contribution >= 0.6 is 12.4 Å². The number of H-pyrrole nitrogens is 1. The van der Waals surface area contributed by atoms with E-state index in [9.17, 15) is 4.39 Å². The SMILES string of the molecule is COc1cc(N2CCNCC2)ccc1-c1cnc(N)cc1-c1cc(-c2ccc(F)cc2)n[nH]1.Cl. The molecule has 7 nitrogen and oxygen atoms in total. The minimum atomic E-state index is -0.282. The maximum absolute atomic E-state index is 13.3. The van der Waals surface area contributed by atoms with E-state index in [1.807, 2.05) is 12.1 Å². The lowest BCUT2D eigenvalue weighted by molar-refractivity contribution is 0.416. The first-order valence-corrected chi connectivity index (χ1v) is 10.8. The summed E-state index contributed by atoms with van der Waals surface area (Å²) < 4.78 is 19.1. The van der Waals surface area contributed by atoms with Gasteiger partial charge < -0.3 is 20.7 Å². The van der Waals surface area contributed by atoms with E-state index in [1.165, 1.54) is 12.1 Å². The van der Waals surface area contributed by atoms with E-state index in [2.05, 4.69) is 43.6 Å². The van der Waals surface area contributed by atoms with Crippen molar-refractivity contribution < 1.29 is 9.13 Å². The molecule has 9 heteroatoms. The number of aromatic amines is 1. The van der Waals surface area contributed by atoms with E-state index in [0.717, 1.165) is 65.6 Å². The molecule has 176 valence electrons. The molecule has 1 saturated heterocycles. The van der Waals surface area contributed by atoms with Crippen molar-refractivity contribution in [3.63, 3.8) is 0 Å². The number of ether oxygens (including phenoxy) is 1. The van der Waals surface area contributed by atoms with Crippen molar-refractivity contribution in [2.75, 3.05) is 43.9 Å². The first kappa shape index (κ1) is 23.5. The van der Waals surface area contributed by atoms with Gasteiger partial charge in [0.05, 0.1) is 18.5 Å². The van der Waals surface area contributed by atoms with Gasteiger partial charge in [0.2, 0.25) is 0 Å². The molecule has 0 spiro atoms. The Bertz CT molecular complexity index is 1270. The van der Waals surface area contributed by atoms with Crippen molar-refractivity contribution in [2.24, 2.45) is 0 Å². The molecule has 3 heterocycles. The molecule has 5 rings (SSSR count). The summed E-state index contributed by atoms with van der Waals surface area (Å²) in [6.07, 6.45) is 1.76. The topological polar surface area (TPSA) is 92.1 Å². The van der Waals surface area contributed by atoms with E-state index in [1.54, 1.807) is 25.4 Å². The van der Waals surface area contributed by atoms with Gasteiger partial charge in [0, 0.05) is 66.4 Å². The average Bonchev–Trinajstić information content (AvgIpc) is 3.35. The van der Waals surface area contributed by atoms with Crippen molar-refractivity contribution in [3.05, 3.63) is 66.6 Å². The van der Waals surface area contributed by atoms with E-state index in [4.69, 9.17) is 10.5 Å². The number of pyridine rings is 1. The number of halogens is 2. The van der Waals surface area contributed by atoms with Crippen LogP contribution in [-0.2, 0) is 0 Å². The van der Waals surface area contributed by atoms with Gasteiger partial charge >= 0.3 is 0 Å². The van der Waals surface area contributed by atoms with Gasteiger partial charge in [-0.1, -0.05) is 0 Å². The summed E-state index contributed by atoms with van der Waals surface area (Å²) in [5.74, 6) is 0.885. The van der Waals surface area contributed by atoms with Crippen LogP contribution in [0.25, 0.3) is 33.6 Å². The summed E-state index contributed by atoms with van der Waals surface area (Å²) in [6.45, 7) is 3.84. The minimum Gasteiger partial charge on any atom is -0.496 e. The van der Waals surface area contributed by atoms with Crippen molar-refractivity contribution in [3.8, 4) is 39.4 Å². The highest BCUT2D eigenvalue weighted by molar-refractivity contribution is 5.87. The summed E-state index contributed by atoms with van der Waals surface area (Å²) in [5.41, 5.74) is 12.1. The molecule has 1 aliphatic heterocycles. The zero-order valence-corrected chi connectivity index (χ0v) is 19.5. The number of nitrogens with two attached hydrogens (primary N) is 1. The lowest BCUT2D eigenvalue weighted by atomic mass is 9.97. The van der Waals surface area contributed by atoms with Gasteiger partial charge in [0.25, 0.3) is 0 Å². The number of piperazine rings is 1. The fourth-order valence-corrected chi connectivity index (χ4v) is 4.16. The largest absolute Gasteiger partial charge is 0.496 e. The molecule has 0 amide bonds. The third-order valence-corrected chi connectivity index (χ3v) is 5.89. The Labute approximate surface area is 203 Å². The van der Waals surface area contributed by atoms with Crippen LogP contribution < -0.4 is 20.7 Å². The summed E-state index contributed by atoms with van der Waals surface area (Å²) in [4.78, 5) is 6.67. The molecule has 0 bridgehead atoms. The van der Waals surface area contributed by atoms with Crippen LogP contribution in [0.2, 0.25) is 0 Å². The van der Waals surface area contributed by atoms with E-state index in [-0.39, 0.29) is 18.2 Å². The average molecular weight is 481 g/mol. The molecule has 4 aromatic rings. The van der Waals surface area contributed by atoms with Gasteiger partial charge in [-0.15, -0.1) is 12.4 Å². The highest BCUT2D eigenvalue weighted by atomic mass is 35.5. The Morgan fingerprint density at radius 3 is 2.47 bits per heavy atom. The number of aromatic nitrogens is 3. The van der Waals surface area contributed by atoms with Gasteiger partial charge in [-0.2, -0.15) is 5.10 Å². The number of anilines is 2. The molecule has 0 aliphatic carbocycles. The Morgan fingerprint density at radius 2 is 1.74 bits per heavy atom. The molecule has 4 N–H and O–H groups in total. The molecule has 2 aromatic heterocycles. The van der Waals surface area contributed by atoms with E-state index >= 15 is 0 Å². The lowest BCUT2D eigenvalue weighted by Gasteiger charge is -2.30. The van der Waals surface area contributed by atoms with Crippen molar-refractivity contribution in [2.45, 2.75) is 0 Å². The highest BCUT2D eigenvalue weighted by Crippen LogP contribution is 2.39. The second-order valence-corrected chi connectivity index (χ2v) is 7.95. The van der Waals surface area contributed by atoms with Gasteiger partial charge in [-0.3, -0.25) is 5.10 Å². The molecule has 0 saturated carbocycles. The predicted molar refractivity (Wildman–Crippen MR) is 136 cm³/mol. The normalized spacial score (nSPS) is 13.4. The summed E-state index contributed by atoms with van der Waals surface area (Å²) >= 11 is 0. The van der Waals surface area contributed by atoms with Crippen LogP contribution in [0.4, 0.5) is 15.9 Å². The third kappa shape index (κ3) is 4.69. The van der Waals surface area contributed by atoms with Gasteiger partial charge in [0.15, 0.2) is 0 Å². The van der Waals surface area contributed by atoms with E-state index in [0.29, 0.717) is 11.5 Å². The van der Waals surface area contributed by atoms with Crippen LogP contribution in [0, 0.1) is 5.82 Å². The first-order chi connectivity index (χ1) is 16.1. The molecular formula is C25H26ClFN6O. The molecule has 0 unspecified atom stereocenters. The monoisotopic (exact) mass is 480 g/mol. The molecule has 34 heavy (non-hydrogen) atoms.